The molecule has 0 aliphatic heterocycles. The largest absolute Gasteiger partial charge is 0.379 e. The van der Waals surface area contributed by atoms with Gasteiger partial charge in [-0.1, -0.05) is 23.9 Å². The minimum atomic E-state index is -0.449. The van der Waals surface area contributed by atoms with Gasteiger partial charge < -0.3 is 5.73 Å². The van der Waals surface area contributed by atoms with Crippen LogP contribution in [-0.4, -0.2) is 22.2 Å². The fourth-order valence-electron chi connectivity index (χ4n) is 2.24. The Morgan fingerprint density at radius 1 is 1.44 bits per heavy atom. The number of rotatable bonds is 5. The second-order valence-corrected chi connectivity index (χ2v) is 6.17. The highest BCUT2D eigenvalue weighted by molar-refractivity contribution is 8.13. The predicted octanol–water partition coefficient (Wildman–Crippen LogP) is 3.26. The third kappa shape index (κ3) is 4.88. The molecule has 2 N–H and O–H groups in total. The van der Waals surface area contributed by atoms with Crippen molar-refractivity contribution in [1.82, 2.24) is 4.98 Å². The average molecular weight is 356 g/mol. The van der Waals surface area contributed by atoms with E-state index in [4.69, 9.17) is 11.0 Å². The fourth-order valence-corrected chi connectivity index (χ4v) is 2.50. The van der Waals surface area contributed by atoms with Crippen molar-refractivity contribution in [3.05, 3.63) is 64.7 Å². The quantitative estimate of drug-likeness (QED) is 0.504. The van der Waals surface area contributed by atoms with Crippen LogP contribution in [0.2, 0.25) is 0 Å². The van der Waals surface area contributed by atoms with E-state index in [-0.39, 0.29) is 17.9 Å². The number of nitrogens with two attached hydrogens (primary N) is 1. The van der Waals surface area contributed by atoms with Gasteiger partial charge in [0.2, 0.25) is 0 Å². The molecule has 1 heterocycles. The first-order valence-corrected chi connectivity index (χ1v) is 8.72. The molecule has 0 aliphatic rings. The molecule has 1 aromatic heterocycles. The van der Waals surface area contributed by atoms with Crippen molar-refractivity contribution >= 4 is 22.7 Å². The molecule has 2 aromatic rings. The maximum absolute atomic E-state index is 14.1. The zero-order valence-corrected chi connectivity index (χ0v) is 14.7. The van der Waals surface area contributed by atoms with Crippen molar-refractivity contribution in [3.63, 3.8) is 0 Å². The lowest BCUT2D eigenvalue weighted by Gasteiger charge is -2.11. The molecule has 1 atom stereocenters. The van der Waals surface area contributed by atoms with Crippen LogP contribution in [0.1, 0.15) is 40.1 Å². The molecule has 0 bridgehead atoms. The van der Waals surface area contributed by atoms with E-state index in [1.807, 2.05) is 6.07 Å². The number of ketones is 1. The number of thioether (sulfide) groups is 1. The number of carbonyl (C=O) groups is 1. The molecule has 0 aliphatic carbocycles. The number of carbonyl (C=O) groups excluding carboxylic acids is 1. The Balaban J connectivity index is 2.21. The molecule has 2 rings (SSSR count). The summed E-state index contributed by atoms with van der Waals surface area (Å²) in [6.45, 7) is 1.75. The smallest absolute Gasteiger partial charge is 0.185 e. The molecule has 0 saturated carbocycles. The lowest BCUT2D eigenvalue weighted by atomic mass is 10.0. The van der Waals surface area contributed by atoms with Crippen LogP contribution in [0.3, 0.4) is 0 Å². The van der Waals surface area contributed by atoms with Gasteiger partial charge in [-0.15, -0.1) is 0 Å². The molecule has 5 nitrogen and oxygen atoms in total. The molecule has 25 heavy (non-hydrogen) atoms. The third-order valence-electron chi connectivity index (χ3n) is 3.58. The highest BCUT2D eigenvalue weighted by Crippen LogP contribution is 2.23. The fraction of sp³-hybridized carbons (Fsp3) is 0.222. The van der Waals surface area contributed by atoms with Crippen molar-refractivity contribution in [2.75, 3.05) is 6.26 Å². The van der Waals surface area contributed by atoms with Gasteiger partial charge >= 0.3 is 0 Å². The van der Waals surface area contributed by atoms with E-state index in [0.29, 0.717) is 21.9 Å². The zero-order chi connectivity index (χ0) is 18.4. The van der Waals surface area contributed by atoms with Gasteiger partial charge in [0.15, 0.2) is 11.0 Å². The highest BCUT2D eigenvalue weighted by atomic mass is 32.2. The third-order valence-corrected chi connectivity index (χ3v) is 4.11. The maximum atomic E-state index is 14.1. The van der Waals surface area contributed by atoms with Crippen LogP contribution >= 0.6 is 11.8 Å². The van der Waals surface area contributed by atoms with Crippen molar-refractivity contribution in [1.29, 1.82) is 5.26 Å². The van der Waals surface area contributed by atoms with Gasteiger partial charge in [0, 0.05) is 18.2 Å². The maximum Gasteiger partial charge on any atom is 0.185 e. The van der Waals surface area contributed by atoms with Crippen molar-refractivity contribution in [3.8, 4) is 6.07 Å². The molecular weight excluding hydrogens is 339 g/mol. The summed E-state index contributed by atoms with van der Waals surface area (Å²) in [6, 6.07) is 9.06. The summed E-state index contributed by atoms with van der Waals surface area (Å²) >= 11 is 1.29. The molecular formula is C18H17FN4OS. The Morgan fingerprint density at radius 3 is 2.80 bits per heavy atom. The Bertz CT molecular complexity index is 843. The summed E-state index contributed by atoms with van der Waals surface area (Å²) in [4.78, 5) is 20.5. The number of nitriles is 1. The Labute approximate surface area is 149 Å². The van der Waals surface area contributed by atoms with Gasteiger partial charge in [0.1, 0.15) is 17.6 Å². The summed E-state index contributed by atoms with van der Waals surface area (Å²) in [6.07, 6.45) is 3.23. The Morgan fingerprint density at radius 2 is 2.20 bits per heavy atom. The number of benzene rings is 1. The topological polar surface area (TPSA) is 92.1 Å². The van der Waals surface area contributed by atoms with Crippen LogP contribution in [0, 0.1) is 17.1 Å². The number of hydrogen-bond donors (Lipinski definition) is 1. The summed E-state index contributed by atoms with van der Waals surface area (Å²) < 4.78 is 14.1. The van der Waals surface area contributed by atoms with E-state index in [1.165, 1.54) is 36.2 Å². The van der Waals surface area contributed by atoms with Gasteiger partial charge in [-0.05, 0) is 36.9 Å². The van der Waals surface area contributed by atoms with Crippen LogP contribution in [-0.2, 0) is 6.42 Å². The molecule has 0 saturated heterocycles. The number of hydrogen-bond acceptors (Lipinski definition) is 5. The van der Waals surface area contributed by atoms with Crippen molar-refractivity contribution in [2.45, 2.75) is 19.4 Å². The van der Waals surface area contributed by atoms with Gasteiger partial charge in [-0.2, -0.15) is 5.26 Å². The van der Waals surface area contributed by atoms with E-state index >= 15 is 0 Å². The summed E-state index contributed by atoms with van der Waals surface area (Å²) in [5.41, 5.74) is 7.39. The normalized spacial score (nSPS) is 12.5. The number of amidine groups is 1. The first-order chi connectivity index (χ1) is 11.9. The average Bonchev–Trinajstić information content (AvgIpc) is 2.63. The first kappa shape index (κ1) is 18.6. The number of Topliss-reactive ketones (excluding diaryl/α,β-unsaturated/α-hetero) is 1. The first-order valence-electron chi connectivity index (χ1n) is 7.49. The van der Waals surface area contributed by atoms with Crippen LogP contribution in [0.4, 0.5) is 4.39 Å². The SMILES string of the molecule is CSC(N)=NC(C)c1cc(CC(=O)c2ccc(C#N)cn2)ccc1F. The monoisotopic (exact) mass is 356 g/mol. The molecule has 0 spiro atoms. The van der Waals surface area contributed by atoms with Crippen molar-refractivity contribution in [2.24, 2.45) is 10.7 Å². The van der Waals surface area contributed by atoms with Crippen LogP contribution < -0.4 is 5.73 Å². The standard InChI is InChI=1S/C18H17FN4OS/c1-11(23-18(21)25-2)14-7-12(3-5-15(14)19)8-17(24)16-6-4-13(9-20)10-22-16/h3-7,10-11H,8H2,1-2H3,(H2,21,23). The summed E-state index contributed by atoms with van der Waals surface area (Å²) in [5.74, 6) is -0.598. The number of aromatic nitrogens is 1. The van der Waals surface area contributed by atoms with Gasteiger partial charge in [0.25, 0.3) is 0 Å². The van der Waals surface area contributed by atoms with E-state index in [0.717, 1.165) is 0 Å². The lowest BCUT2D eigenvalue weighted by molar-refractivity contribution is 0.0988. The summed E-state index contributed by atoms with van der Waals surface area (Å²) in [7, 11) is 0. The molecule has 1 aromatic carbocycles. The number of aliphatic imine (C=N–C) groups is 1. The molecule has 0 fully saturated rings. The van der Waals surface area contributed by atoms with Crippen LogP contribution in [0.15, 0.2) is 41.5 Å². The molecule has 7 heteroatoms. The van der Waals surface area contributed by atoms with E-state index < -0.39 is 11.9 Å². The predicted molar refractivity (Wildman–Crippen MR) is 96.9 cm³/mol. The Hall–Kier alpha value is -2.72. The minimum absolute atomic E-state index is 0.0840. The number of pyridine rings is 1. The number of halogens is 1. The molecule has 0 amide bonds. The Kier molecular flexibility index (Phi) is 6.25. The van der Waals surface area contributed by atoms with Crippen LogP contribution in [0.5, 0.6) is 0 Å². The summed E-state index contributed by atoms with van der Waals surface area (Å²) in [5, 5.41) is 9.13. The minimum Gasteiger partial charge on any atom is -0.379 e. The molecule has 128 valence electrons. The highest BCUT2D eigenvalue weighted by Gasteiger charge is 2.14. The second kappa shape index (κ2) is 8.40. The van der Waals surface area contributed by atoms with Gasteiger partial charge in [-0.25, -0.2) is 4.39 Å². The van der Waals surface area contributed by atoms with Gasteiger partial charge in [-0.3, -0.25) is 14.8 Å². The van der Waals surface area contributed by atoms with E-state index in [1.54, 1.807) is 25.3 Å². The van der Waals surface area contributed by atoms with Crippen LogP contribution in [0.25, 0.3) is 0 Å². The van der Waals surface area contributed by atoms with E-state index in [9.17, 15) is 9.18 Å². The molecule has 1 unspecified atom stereocenters. The van der Waals surface area contributed by atoms with Gasteiger partial charge in [0.05, 0.1) is 11.6 Å². The molecule has 0 radical (unpaired) electrons. The zero-order valence-electron chi connectivity index (χ0n) is 13.9. The van der Waals surface area contributed by atoms with Crippen molar-refractivity contribution < 1.29 is 9.18 Å². The van der Waals surface area contributed by atoms with E-state index in [2.05, 4.69) is 9.98 Å². The number of nitrogens with zero attached hydrogens (tertiary/aromatic N) is 3. The lowest BCUT2D eigenvalue weighted by Crippen LogP contribution is -2.09. The second-order valence-electron chi connectivity index (χ2n) is 5.35.